The molecule has 0 bridgehead atoms. The van der Waals surface area contributed by atoms with Crippen LogP contribution >= 0.6 is 0 Å². The molecule has 0 spiro atoms. The summed E-state index contributed by atoms with van der Waals surface area (Å²) in [4.78, 5) is 46.0. The molecule has 1 heterocycles. The summed E-state index contributed by atoms with van der Waals surface area (Å²) in [6.07, 6.45) is -0.898. The van der Waals surface area contributed by atoms with Crippen molar-refractivity contribution < 1.29 is 23.9 Å². The van der Waals surface area contributed by atoms with Crippen LogP contribution in [0.1, 0.15) is 40.5 Å². The number of carbonyl (C=O) groups is 4. The first kappa shape index (κ1) is 17.6. The van der Waals surface area contributed by atoms with Crippen molar-refractivity contribution in [2.75, 3.05) is 0 Å². The topological polar surface area (TPSA) is 126 Å². The molecule has 1 aliphatic heterocycles. The van der Waals surface area contributed by atoms with Crippen molar-refractivity contribution in [1.82, 2.24) is 16.1 Å². The van der Waals surface area contributed by atoms with Crippen LogP contribution in [0.4, 0.5) is 4.79 Å². The van der Waals surface area contributed by atoms with Gasteiger partial charge in [-0.25, -0.2) is 15.0 Å². The maximum absolute atomic E-state index is 11.8. The smallest absolute Gasteiger partial charge is 0.355 e. The van der Waals surface area contributed by atoms with E-state index in [0.29, 0.717) is 0 Å². The lowest BCUT2D eigenvalue weighted by atomic mass is 10.1. The van der Waals surface area contributed by atoms with Gasteiger partial charge in [-0.15, -0.1) is 0 Å². The largest absolute Gasteiger partial charge is 0.448 e. The fourth-order valence-corrected chi connectivity index (χ4v) is 1.49. The molecule has 0 unspecified atom stereocenters. The van der Waals surface area contributed by atoms with Crippen LogP contribution in [0.5, 0.6) is 0 Å². The van der Waals surface area contributed by atoms with Crippen molar-refractivity contribution in [1.29, 1.82) is 0 Å². The van der Waals surface area contributed by atoms with Crippen molar-refractivity contribution in [3.8, 4) is 0 Å². The minimum atomic E-state index is -1.17. The molecule has 1 aliphatic rings. The van der Waals surface area contributed by atoms with Crippen LogP contribution in [0.25, 0.3) is 0 Å². The number of rotatable bonds is 3. The first-order valence-corrected chi connectivity index (χ1v) is 6.78. The number of nitrogens with zero attached hydrogens (tertiary/aromatic N) is 1. The van der Waals surface area contributed by atoms with E-state index in [1.165, 1.54) is 6.92 Å². The quantitative estimate of drug-likeness (QED) is 0.623. The molecule has 122 valence electrons. The zero-order valence-electron chi connectivity index (χ0n) is 13.0. The molecule has 0 radical (unpaired) electrons. The fraction of sp³-hybridized carbons (Fsp3) is 0.615. The highest BCUT2D eigenvalue weighted by atomic mass is 16.5. The molecule has 0 fully saturated rings. The van der Waals surface area contributed by atoms with E-state index in [1.807, 2.05) is 0 Å². The number of ether oxygens (including phenoxy) is 1. The maximum Gasteiger partial charge on any atom is 0.355 e. The summed E-state index contributed by atoms with van der Waals surface area (Å²) in [6.45, 7) is 6.61. The Morgan fingerprint density at radius 3 is 2.41 bits per heavy atom. The number of hydrogen-bond acceptors (Lipinski definition) is 6. The first-order chi connectivity index (χ1) is 10.1. The third-order valence-electron chi connectivity index (χ3n) is 2.52. The molecule has 22 heavy (non-hydrogen) atoms. The molecular formula is C13H20N4O5. The summed E-state index contributed by atoms with van der Waals surface area (Å²) in [7, 11) is 0. The summed E-state index contributed by atoms with van der Waals surface area (Å²) < 4.78 is 4.90. The zero-order chi connectivity index (χ0) is 16.9. The molecule has 0 aromatic carbocycles. The molecule has 0 aromatic heterocycles. The van der Waals surface area contributed by atoms with Gasteiger partial charge in [-0.3, -0.25) is 14.9 Å². The normalized spacial score (nSPS) is 16.0. The van der Waals surface area contributed by atoms with Gasteiger partial charge in [0, 0.05) is 18.4 Å². The molecule has 1 rings (SSSR count). The Bertz CT molecular complexity index is 521. The standard InChI is InChI=1S/C13H20N4O5/c1-7(10(19)14-12(21)15-13(2,3)4)22-11(20)8-5-6-9(18)17-16-8/h7H,5-6H2,1-4H3,(H,17,18)(H2,14,15,19,21)/t7-/m1/s1. The SMILES string of the molecule is C[C@@H](OC(=O)C1=NNC(=O)CC1)C(=O)NC(=O)NC(C)(C)C. The second-order valence-corrected chi connectivity index (χ2v) is 5.83. The van der Waals surface area contributed by atoms with E-state index >= 15 is 0 Å². The van der Waals surface area contributed by atoms with Gasteiger partial charge in [0.05, 0.1) is 0 Å². The van der Waals surface area contributed by atoms with Crippen molar-refractivity contribution in [2.45, 2.75) is 52.2 Å². The predicted octanol–water partition coefficient (Wildman–Crippen LogP) is -0.192. The Kier molecular flexibility index (Phi) is 5.61. The first-order valence-electron chi connectivity index (χ1n) is 6.78. The van der Waals surface area contributed by atoms with Crippen LogP contribution in [-0.2, 0) is 19.1 Å². The van der Waals surface area contributed by atoms with E-state index in [2.05, 4.69) is 21.2 Å². The number of imide groups is 1. The molecule has 9 nitrogen and oxygen atoms in total. The molecule has 1 atom stereocenters. The number of urea groups is 1. The molecular weight excluding hydrogens is 292 g/mol. The summed E-state index contributed by atoms with van der Waals surface area (Å²) in [5, 5.41) is 8.18. The van der Waals surface area contributed by atoms with Crippen LogP contribution in [0.3, 0.4) is 0 Å². The average Bonchev–Trinajstić information content (AvgIpc) is 2.36. The van der Waals surface area contributed by atoms with E-state index in [9.17, 15) is 19.2 Å². The van der Waals surface area contributed by atoms with Crippen LogP contribution in [-0.4, -0.2) is 41.2 Å². The summed E-state index contributed by atoms with van der Waals surface area (Å²) in [6, 6.07) is -0.678. The molecule has 0 saturated carbocycles. The summed E-state index contributed by atoms with van der Waals surface area (Å²) >= 11 is 0. The third kappa shape index (κ3) is 5.90. The van der Waals surface area contributed by atoms with Gasteiger partial charge in [-0.2, -0.15) is 5.10 Å². The number of nitrogens with one attached hydrogen (secondary N) is 3. The van der Waals surface area contributed by atoms with E-state index in [-0.39, 0.29) is 24.5 Å². The minimum Gasteiger partial charge on any atom is -0.448 e. The summed E-state index contributed by atoms with van der Waals surface area (Å²) in [5.41, 5.74) is 1.68. The van der Waals surface area contributed by atoms with Gasteiger partial charge < -0.3 is 10.1 Å². The van der Waals surface area contributed by atoms with E-state index < -0.39 is 29.6 Å². The molecule has 4 amide bonds. The Balaban J connectivity index is 2.49. The van der Waals surface area contributed by atoms with Crippen LogP contribution in [0.2, 0.25) is 0 Å². The van der Waals surface area contributed by atoms with Gasteiger partial charge in [0.2, 0.25) is 5.91 Å². The van der Waals surface area contributed by atoms with Gasteiger partial charge in [-0.1, -0.05) is 0 Å². The van der Waals surface area contributed by atoms with Gasteiger partial charge in [0.1, 0.15) is 5.71 Å². The average molecular weight is 312 g/mol. The second kappa shape index (κ2) is 7.01. The molecule has 0 saturated heterocycles. The minimum absolute atomic E-state index is 0.0263. The Morgan fingerprint density at radius 2 is 1.91 bits per heavy atom. The van der Waals surface area contributed by atoms with Gasteiger partial charge >= 0.3 is 12.0 Å². The highest BCUT2D eigenvalue weighted by molar-refractivity contribution is 6.37. The van der Waals surface area contributed by atoms with Gasteiger partial charge in [0.15, 0.2) is 6.10 Å². The lowest BCUT2D eigenvalue weighted by Gasteiger charge is -2.21. The molecule has 9 heteroatoms. The lowest BCUT2D eigenvalue weighted by molar-refractivity contribution is -0.148. The number of esters is 1. The predicted molar refractivity (Wildman–Crippen MR) is 76.8 cm³/mol. The van der Waals surface area contributed by atoms with Crippen molar-refractivity contribution >= 4 is 29.5 Å². The lowest BCUT2D eigenvalue weighted by Crippen LogP contribution is -2.50. The maximum atomic E-state index is 11.8. The Labute approximate surface area is 127 Å². The van der Waals surface area contributed by atoms with E-state index in [1.54, 1.807) is 20.8 Å². The Hall–Kier alpha value is -2.45. The van der Waals surface area contributed by atoms with Crippen molar-refractivity contribution in [3.05, 3.63) is 0 Å². The fourth-order valence-electron chi connectivity index (χ4n) is 1.49. The van der Waals surface area contributed by atoms with Crippen molar-refractivity contribution in [2.24, 2.45) is 5.10 Å². The Morgan fingerprint density at radius 1 is 1.27 bits per heavy atom. The molecule has 0 aliphatic carbocycles. The highest BCUT2D eigenvalue weighted by Gasteiger charge is 2.25. The zero-order valence-corrected chi connectivity index (χ0v) is 13.0. The molecule has 0 aromatic rings. The monoisotopic (exact) mass is 312 g/mol. The van der Waals surface area contributed by atoms with Gasteiger partial charge in [0.25, 0.3) is 5.91 Å². The number of amides is 4. The number of carbonyl (C=O) groups excluding carboxylic acids is 4. The molecule has 3 N–H and O–H groups in total. The second-order valence-electron chi connectivity index (χ2n) is 5.83. The van der Waals surface area contributed by atoms with E-state index in [4.69, 9.17) is 4.74 Å². The van der Waals surface area contributed by atoms with Gasteiger partial charge in [-0.05, 0) is 27.7 Å². The highest BCUT2D eigenvalue weighted by Crippen LogP contribution is 2.04. The van der Waals surface area contributed by atoms with Crippen LogP contribution < -0.4 is 16.1 Å². The third-order valence-corrected chi connectivity index (χ3v) is 2.52. The van der Waals surface area contributed by atoms with E-state index in [0.717, 1.165) is 0 Å². The van der Waals surface area contributed by atoms with Crippen LogP contribution in [0.15, 0.2) is 5.10 Å². The summed E-state index contributed by atoms with van der Waals surface area (Å²) in [5.74, 6) is -1.85. The van der Waals surface area contributed by atoms with Crippen molar-refractivity contribution in [3.63, 3.8) is 0 Å². The van der Waals surface area contributed by atoms with Crippen LogP contribution in [0, 0.1) is 0 Å². The number of hydrazone groups is 1. The number of hydrogen-bond donors (Lipinski definition) is 3.